The van der Waals surface area contributed by atoms with Gasteiger partial charge in [0.2, 0.25) is 0 Å². The molecule has 6 nitrogen and oxygen atoms in total. The number of hydrogen-bond donors (Lipinski definition) is 3. The van der Waals surface area contributed by atoms with Crippen molar-refractivity contribution in [2.24, 2.45) is 0 Å². The van der Waals surface area contributed by atoms with Gasteiger partial charge in [0.1, 0.15) is 19.3 Å². The number of amides is 1. The minimum atomic E-state index is -1.01. The van der Waals surface area contributed by atoms with Gasteiger partial charge in [-0.1, -0.05) is 30.3 Å². The van der Waals surface area contributed by atoms with E-state index in [1.165, 1.54) is 0 Å². The SMILES string of the molecule is O=C(NC1C(c2ccccc2)CC(O)C1O)c1ccc2c(c1)OCCO2. The third-order valence-electron chi connectivity index (χ3n) is 5.02. The average molecular weight is 355 g/mol. The summed E-state index contributed by atoms with van der Waals surface area (Å²) in [6, 6.07) is 14.1. The van der Waals surface area contributed by atoms with Gasteiger partial charge >= 0.3 is 0 Å². The Morgan fingerprint density at radius 1 is 1.00 bits per heavy atom. The Kier molecular flexibility index (Phi) is 4.53. The van der Waals surface area contributed by atoms with Crippen molar-refractivity contribution in [2.75, 3.05) is 13.2 Å². The Morgan fingerprint density at radius 2 is 1.73 bits per heavy atom. The van der Waals surface area contributed by atoms with Crippen molar-refractivity contribution in [1.29, 1.82) is 0 Å². The molecule has 4 unspecified atom stereocenters. The molecule has 0 radical (unpaired) electrons. The fraction of sp³-hybridized carbons (Fsp3) is 0.350. The molecular weight excluding hydrogens is 334 g/mol. The number of fused-ring (bicyclic) bond motifs is 1. The highest BCUT2D eigenvalue weighted by molar-refractivity contribution is 5.95. The average Bonchev–Trinajstić information content (AvgIpc) is 2.96. The minimum Gasteiger partial charge on any atom is -0.486 e. The summed E-state index contributed by atoms with van der Waals surface area (Å²) in [5.74, 6) is 0.685. The minimum absolute atomic E-state index is 0.151. The van der Waals surface area contributed by atoms with Gasteiger partial charge in [-0.3, -0.25) is 4.79 Å². The summed E-state index contributed by atoms with van der Waals surface area (Å²) in [6.45, 7) is 0.936. The maximum atomic E-state index is 12.7. The molecular formula is C20H21NO5. The first kappa shape index (κ1) is 16.9. The molecule has 1 saturated carbocycles. The van der Waals surface area contributed by atoms with E-state index >= 15 is 0 Å². The highest BCUT2D eigenvalue weighted by atomic mass is 16.6. The molecule has 4 rings (SSSR count). The molecule has 4 atom stereocenters. The zero-order valence-electron chi connectivity index (χ0n) is 14.2. The lowest BCUT2D eigenvalue weighted by Gasteiger charge is -2.24. The molecule has 3 N–H and O–H groups in total. The van der Waals surface area contributed by atoms with E-state index in [-0.39, 0.29) is 11.8 Å². The largest absolute Gasteiger partial charge is 0.486 e. The van der Waals surface area contributed by atoms with Crippen molar-refractivity contribution in [3.05, 3.63) is 59.7 Å². The Morgan fingerprint density at radius 3 is 2.50 bits per heavy atom. The second-order valence-corrected chi connectivity index (χ2v) is 6.67. The van der Waals surface area contributed by atoms with Crippen molar-refractivity contribution in [1.82, 2.24) is 5.32 Å². The van der Waals surface area contributed by atoms with Crippen LogP contribution >= 0.6 is 0 Å². The van der Waals surface area contributed by atoms with Crippen LogP contribution in [0.2, 0.25) is 0 Å². The highest BCUT2D eigenvalue weighted by Crippen LogP contribution is 2.36. The molecule has 1 aliphatic carbocycles. The normalized spacial score (nSPS) is 27.2. The van der Waals surface area contributed by atoms with Crippen LogP contribution in [0.1, 0.15) is 28.3 Å². The molecule has 1 heterocycles. The third-order valence-corrected chi connectivity index (χ3v) is 5.02. The van der Waals surface area contributed by atoms with E-state index in [1.54, 1.807) is 18.2 Å². The van der Waals surface area contributed by atoms with Crippen molar-refractivity contribution in [2.45, 2.75) is 30.6 Å². The van der Waals surface area contributed by atoms with Crippen molar-refractivity contribution in [3.63, 3.8) is 0 Å². The van der Waals surface area contributed by atoms with Gasteiger partial charge < -0.3 is 25.0 Å². The molecule has 1 amide bonds. The summed E-state index contributed by atoms with van der Waals surface area (Å²) in [6.07, 6.45) is -1.48. The summed E-state index contributed by atoms with van der Waals surface area (Å²) in [7, 11) is 0. The van der Waals surface area contributed by atoms with E-state index in [0.717, 1.165) is 5.56 Å². The summed E-state index contributed by atoms with van der Waals surface area (Å²) >= 11 is 0. The molecule has 6 heteroatoms. The van der Waals surface area contributed by atoms with Gasteiger partial charge in [0, 0.05) is 11.5 Å². The molecule has 1 aliphatic heterocycles. The number of hydrogen-bond acceptors (Lipinski definition) is 5. The maximum Gasteiger partial charge on any atom is 0.251 e. The van der Waals surface area contributed by atoms with Crippen molar-refractivity contribution >= 4 is 5.91 Å². The maximum absolute atomic E-state index is 12.7. The lowest BCUT2D eigenvalue weighted by Crippen LogP contribution is -2.45. The standard InChI is InChI=1S/C20H21NO5/c22-15-11-14(12-4-2-1-3-5-12)18(19(15)23)21-20(24)13-6-7-16-17(10-13)26-9-8-25-16/h1-7,10,14-15,18-19,22-23H,8-9,11H2,(H,21,24). The molecule has 0 aromatic heterocycles. The number of ether oxygens (including phenoxy) is 2. The first-order valence-electron chi connectivity index (χ1n) is 8.75. The van der Waals surface area contributed by atoms with E-state index in [2.05, 4.69) is 5.32 Å². The summed E-state index contributed by atoms with van der Waals surface area (Å²) in [5.41, 5.74) is 1.41. The molecule has 2 aromatic carbocycles. The van der Waals surface area contributed by atoms with E-state index in [9.17, 15) is 15.0 Å². The van der Waals surface area contributed by atoms with Gasteiger partial charge in [-0.15, -0.1) is 0 Å². The van der Waals surface area contributed by atoms with Gasteiger partial charge in [-0.05, 0) is 30.2 Å². The van der Waals surface area contributed by atoms with Crippen LogP contribution in [0, 0.1) is 0 Å². The van der Waals surface area contributed by atoms with Gasteiger partial charge in [-0.2, -0.15) is 0 Å². The van der Waals surface area contributed by atoms with E-state index in [0.29, 0.717) is 36.7 Å². The fourth-order valence-corrected chi connectivity index (χ4v) is 3.67. The van der Waals surface area contributed by atoms with Crippen LogP contribution in [0.15, 0.2) is 48.5 Å². The predicted molar refractivity (Wildman–Crippen MR) is 94.5 cm³/mol. The van der Waals surface area contributed by atoms with Crippen molar-refractivity contribution < 1.29 is 24.5 Å². The summed E-state index contributed by atoms with van der Waals surface area (Å²) < 4.78 is 11.0. The second-order valence-electron chi connectivity index (χ2n) is 6.67. The Labute approximate surface area is 151 Å². The molecule has 26 heavy (non-hydrogen) atoms. The van der Waals surface area contributed by atoms with Crippen LogP contribution in [0.4, 0.5) is 0 Å². The number of rotatable bonds is 3. The quantitative estimate of drug-likeness (QED) is 0.776. The van der Waals surface area contributed by atoms with E-state index in [1.807, 2.05) is 30.3 Å². The van der Waals surface area contributed by atoms with Crippen LogP contribution in [0.5, 0.6) is 11.5 Å². The summed E-state index contributed by atoms with van der Waals surface area (Å²) in [4.78, 5) is 12.7. The second kappa shape index (κ2) is 6.97. The molecule has 0 saturated heterocycles. The number of benzene rings is 2. The third kappa shape index (κ3) is 3.13. The summed E-state index contributed by atoms with van der Waals surface area (Å²) in [5, 5.41) is 23.4. The van der Waals surface area contributed by atoms with Gasteiger partial charge in [0.05, 0.1) is 12.1 Å². The highest BCUT2D eigenvalue weighted by Gasteiger charge is 2.43. The zero-order chi connectivity index (χ0) is 18.1. The molecule has 2 aliphatic rings. The molecule has 2 aromatic rings. The van der Waals surface area contributed by atoms with Crippen LogP contribution in [-0.2, 0) is 0 Å². The lowest BCUT2D eigenvalue weighted by atomic mass is 9.93. The van der Waals surface area contributed by atoms with Crippen LogP contribution < -0.4 is 14.8 Å². The molecule has 1 fully saturated rings. The van der Waals surface area contributed by atoms with Gasteiger partial charge in [-0.25, -0.2) is 0 Å². The zero-order valence-corrected chi connectivity index (χ0v) is 14.2. The smallest absolute Gasteiger partial charge is 0.251 e. The Hall–Kier alpha value is -2.57. The molecule has 136 valence electrons. The number of carbonyl (C=O) groups is 1. The van der Waals surface area contributed by atoms with E-state index in [4.69, 9.17) is 9.47 Å². The Bertz CT molecular complexity index is 794. The number of nitrogens with one attached hydrogen (secondary N) is 1. The van der Waals surface area contributed by atoms with Crippen LogP contribution in [-0.4, -0.2) is 47.6 Å². The topological polar surface area (TPSA) is 88.0 Å². The van der Waals surface area contributed by atoms with Crippen LogP contribution in [0.25, 0.3) is 0 Å². The van der Waals surface area contributed by atoms with Gasteiger partial charge in [0.15, 0.2) is 11.5 Å². The lowest BCUT2D eigenvalue weighted by molar-refractivity contribution is 0.0294. The monoisotopic (exact) mass is 355 g/mol. The molecule has 0 bridgehead atoms. The van der Waals surface area contributed by atoms with E-state index < -0.39 is 18.2 Å². The first-order valence-corrected chi connectivity index (χ1v) is 8.75. The first-order chi connectivity index (χ1) is 12.6. The molecule has 0 spiro atoms. The van der Waals surface area contributed by atoms with Crippen LogP contribution in [0.3, 0.4) is 0 Å². The fourth-order valence-electron chi connectivity index (χ4n) is 3.67. The number of aliphatic hydroxyl groups excluding tert-OH is 2. The van der Waals surface area contributed by atoms with Gasteiger partial charge in [0.25, 0.3) is 5.91 Å². The number of aliphatic hydroxyl groups is 2. The number of carbonyl (C=O) groups excluding carboxylic acids is 1. The van der Waals surface area contributed by atoms with Crippen molar-refractivity contribution in [3.8, 4) is 11.5 Å². The Balaban J connectivity index is 1.55. The predicted octanol–water partition coefficient (Wildman–Crippen LogP) is 1.47.